The topological polar surface area (TPSA) is 37.3 Å². The van der Waals surface area contributed by atoms with Crippen molar-refractivity contribution >= 4 is 5.97 Å². The second-order valence-corrected chi connectivity index (χ2v) is 7.34. The van der Waals surface area contributed by atoms with Gasteiger partial charge in [-0.15, -0.1) is 0 Å². The quantitative estimate of drug-likeness (QED) is 0.873. The Bertz CT molecular complexity index is 533. The molecule has 1 aromatic carbocycles. The van der Waals surface area contributed by atoms with Crippen LogP contribution in [0.2, 0.25) is 0 Å². The molecule has 4 aliphatic carbocycles. The van der Waals surface area contributed by atoms with Gasteiger partial charge in [0.2, 0.25) is 0 Å². The second-order valence-electron chi connectivity index (χ2n) is 7.34. The Balaban J connectivity index is 1.71. The fourth-order valence-corrected chi connectivity index (χ4v) is 5.55. The maximum Gasteiger partial charge on any atom is 0.335 e. The highest BCUT2D eigenvalue weighted by Crippen LogP contribution is 2.59. The molecule has 4 bridgehead atoms. The van der Waals surface area contributed by atoms with E-state index in [1.807, 2.05) is 19.1 Å². The van der Waals surface area contributed by atoms with Gasteiger partial charge in [-0.2, -0.15) is 0 Å². The maximum absolute atomic E-state index is 11.4. The van der Waals surface area contributed by atoms with E-state index in [2.05, 4.69) is 6.07 Å². The predicted octanol–water partition coefficient (Wildman–Crippen LogP) is 4.23. The molecular weight excluding hydrogens is 248 g/mol. The van der Waals surface area contributed by atoms with Crippen LogP contribution in [0.4, 0.5) is 0 Å². The molecule has 4 aliphatic rings. The van der Waals surface area contributed by atoms with E-state index in [4.69, 9.17) is 0 Å². The Morgan fingerprint density at radius 2 is 1.65 bits per heavy atom. The highest BCUT2D eigenvalue weighted by molar-refractivity contribution is 5.89. The van der Waals surface area contributed by atoms with Gasteiger partial charge in [-0.1, -0.05) is 12.1 Å². The molecule has 5 rings (SSSR count). The minimum atomic E-state index is -0.784. The van der Waals surface area contributed by atoms with Gasteiger partial charge in [-0.05, 0) is 85.8 Å². The molecule has 0 unspecified atom stereocenters. The third kappa shape index (κ3) is 1.81. The van der Waals surface area contributed by atoms with E-state index < -0.39 is 5.97 Å². The van der Waals surface area contributed by atoms with Crippen LogP contribution >= 0.6 is 0 Å². The normalized spacial score (nSPS) is 38.1. The fraction of sp³-hybridized carbons (Fsp3) is 0.611. The van der Waals surface area contributed by atoms with Crippen molar-refractivity contribution in [2.75, 3.05) is 0 Å². The van der Waals surface area contributed by atoms with Crippen LogP contribution in [-0.2, 0) is 0 Å². The molecule has 1 aromatic rings. The van der Waals surface area contributed by atoms with Gasteiger partial charge < -0.3 is 5.11 Å². The zero-order chi connectivity index (χ0) is 13.9. The number of carboxylic acids is 1. The van der Waals surface area contributed by atoms with Crippen LogP contribution in [0.15, 0.2) is 18.2 Å². The van der Waals surface area contributed by atoms with Crippen molar-refractivity contribution < 1.29 is 9.90 Å². The van der Waals surface area contributed by atoms with Crippen LogP contribution < -0.4 is 0 Å². The molecule has 106 valence electrons. The van der Waals surface area contributed by atoms with Gasteiger partial charge >= 0.3 is 5.97 Å². The molecule has 0 saturated heterocycles. The van der Waals surface area contributed by atoms with E-state index in [-0.39, 0.29) is 0 Å². The lowest BCUT2D eigenvalue weighted by Gasteiger charge is -2.54. The number of hydrogen-bond acceptors (Lipinski definition) is 1. The molecule has 20 heavy (non-hydrogen) atoms. The van der Waals surface area contributed by atoms with Gasteiger partial charge in [-0.3, -0.25) is 0 Å². The van der Waals surface area contributed by atoms with E-state index in [1.54, 1.807) is 0 Å². The number of carboxylic acid groups (broad SMARTS) is 1. The zero-order valence-corrected chi connectivity index (χ0v) is 12.0. The van der Waals surface area contributed by atoms with E-state index in [0.29, 0.717) is 11.5 Å². The highest BCUT2D eigenvalue weighted by Gasteiger charge is 2.48. The fourth-order valence-electron chi connectivity index (χ4n) is 5.55. The number of hydrogen-bond donors (Lipinski definition) is 1. The minimum Gasteiger partial charge on any atom is -0.478 e. The van der Waals surface area contributed by atoms with E-state index in [9.17, 15) is 9.90 Å². The summed E-state index contributed by atoms with van der Waals surface area (Å²) in [6.07, 6.45) is 7.00. The average molecular weight is 270 g/mol. The first-order valence-corrected chi connectivity index (χ1v) is 7.95. The van der Waals surface area contributed by atoms with Gasteiger partial charge in [0.15, 0.2) is 0 Å². The van der Waals surface area contributed by atoms with Crippen LogP contribution in [0.25, 0.3) is 0 Å². The van der Waals surface area contributed by atoms with E-state index in [0.717, 1.165) is 29.2 Å². The summed E-state index contributed by atoms with van der Waals surface area (Å²) in [5.74, 6) is 3.41. The summed E-state index contributed by atoms with van der Waals surface area (Å²) in [5.41, 5.74) is 2.67. The summed E-state index contributed by atoms with van der Waals surface area (Å²) >= 11 is 0. The molecular formula is C18H22O2. The molecule has 2 nitrogen and oxygen atoms in total. The Kier molecular flexibility index (Phi) is 2.70. The molecule has 0 atom stereocenters. The van der Waals surface area contributed by atoms with Crippen LogP contribution in [0.3, 0.4) is 0 Å². The molecule has 0 radical (unpaired) electrons. The molecule has 0 spiro atoms. The summed E-state index contributed by atoms with van der Waals surface area (Å²) in [4.78, 5) is 11.4. The minimum absolute atomic E-state index is 0.497. The Morgan fingerprint density at radius 1 is 1.05 bits per heavy atom. The van der Waals surface area contributed by atoms with Crippen LogP contribution in [-0.4, -0.2) is 11.1 Å². The first-order valence-electron chi connectivity index (χ1n) is 7.95. The number of aromatic carboxylic acids is 1. The van der Waals surface area contributed by atoms with Crippen molar-refractivity contribution in [2.45, 2.75) is 44.9 Å². The molecule has 1 N–H and O–H groups in total. The lowest BCUT2D eigenvalue weighted by atomic mass is 9.50. The lowest BCUT2D eigenvalue weighted by Crippen LogP contribution is -2.43. The van der Waals surface area contributed by atoms with Gasteiger partial charge in [0.05, 0.1) is 5.56 Å². The summed E-state index contributed by atoms with van der Waals surface area (Å²) in [6.45, 7) is 1.89. The summed E-state index contributed by atoms with van der Waals surface area (Å²) in [5, 5.41) is 9.34. The SMILES string of the molecule is Cc1ccc(C2C3CC4CC(C3)CC2C4)cc1C(=O)O. The Morgan fingerprint density at radius 3 is 2.20 bits per heavy atom. The van der Waals surface area contributed by atoms with E-state index in [1.165, 1.54) is 37.7 Å². The Hall–Kier alpha value is -1.31. The molecule has 0 aliphatic heterocycles. The second kappa shape index (κ2) is 4.34. The molecule has 0 aromatic heterocycles. The molecule has 0 amide bonds. The molecule has 4 saturated carbocycles. The van der Waals surface area contributed by atoms with Gasteiger partial charge in [0.25, 0.3) is 0 Å². The van der Waals surface area contributed by atoms with Crippen molar-refractivity contribution in [3.8, 4) is 0 Å². The average Bonchev–Trinajstić information content (AvgIpc) is 2.38. The zero-order valence-electron chi connectivity index (χ0n) is 12.0. The van der Waals surface area contributed by atoms with E-state index >= 15 is 0 Å². The van der Waals surface area contributed by atoms with Crippen molar-refractivity contribution in [1.82, 2.24) is 0 Å². The highest BCUT2D eigenvalue weighted by atomic mass is 16.4. The summed E-state index contributed by atoms with van der Waals surface area (Å²) < 4.78 is 0. The molecule has 0 heterocycles. The smallest absolute Gasteiger partial charge is 0.335 e. The predicted molar refractivity (Wildman–Crippen MR) is 77.9 cm³/mol. The first-order chi connectivity index (χ1) is 9.61. The number of rotatable bonds is 2. The van der Waals surface area contributed by atoms with Gasteiger partial charge in [0.1, 0.15) is 0 Å². The van der Waals surface area contributed by atoms with Crippen LogP contribution in [0.1, 0.15) is 59.5 Å². The molecule has 2 heteroatoms. The van der Waals surface area contributed by atoms with Crippen LogP contribution in [0.5, 0.6) is 0 Å². The number of carbonyl (C=O) groups is 1. The Labute approximate surface area is 120 Å². The van der Waals surface area contributed by atoms with Crippen molar-refractivity contribution in [3.05, 3.63) is 34.9 Å². The monoisotopic (exact) mass is 270 g/mol. The lowest BCUT2D eigenvalue weighted by molar-refractivity contribution is -0.00282. The maximum atomic E-state index is 11.4. The summed E-state index contributed by atoms with van der Waals surface area (Å²) in [7, 11) is 0. The van der Waals surface area contributed by atoms with Crippen molar-refractivity contribution in [3.63, 3.8) is 0 Å². The van der Waals surface area contributed by atoms with Crippen LogP contribution in [0, 0.1) is 30.6 Å². The van der Waals surface area contributed by atoms with Gasteiger partial charge in [-0.25, -0.2) is 4.79 Å². The number of aryl methyl sites for hydroxylation is 1. The largest absolute Gasteiger partial charge is 0.478 e. The van der Waals surface area contributed by atoms with Crippen molar-refractivity contribution in [1.29, 1.82) is 0 Å². The first kappa shape index (κ1) is 12.4. The number of benzene rings is 1. The van der Waals surface area contributed by atoms with Gasteiger partial charge in [0, 0.05) is 0 Å². The van der Waals surface area contributed by atoms with Crippen molar-refractivity contribution in [2.24, 2.45) is 23.7 Å². The standard InChI is InChI=1S/C18H22O2/c1-10-2-3-13(9-16(10)18(19)20)17-14-5-11-4-12(7-14)8-15(17)6-11/h2-3,9,11-12,14-15,17H,4-8H2,1H3,(H,19,20). The third-order valence-corrected chi connectivity index (χ3v) is 6.10. The third-order valence-electron chi connectivity index (χ3n) is 6.10. The molecule has 4 fully saturated rings. The summed E-state index contributed by atoms with van der Waals surface area (Å²) in [6, 6.07) is 6.16.